The SMILES string of the molecule is NC[C@H](O)CN(O)c1ccc(N2CCN3CCCCN3CC2)c(F)c1.[HH]. The molecule has 3 rings (SSSR count). The zero-order chi connectivity index (χ0) is 17.8. The number of benzene rings is 1. The smallest absolute Gasteiger partial charge is 0.148 e. The number of aliphatic hydroxyl groups is 1. The Hall–Kier alpha value is -1.45. The molecular formula is C17H30FN5O2. The highest BCUT2D eigenvalue weighted by atomic mass is 19.1. The van der Waals surface area contributed by atoms with Gasteiger partial charge in [-0.2, -0.15) is 0 Å². The van der Waals surface area contributed by atoms with Crippen molar-refractivity contribution in [3.8, 4) is 0 Å². The van der Waals surface area contributed by atoms with Crippen molar-refractivity contribution in [3.63, 3.8) is 0 Å². The van der Waals surface area contributed by atoms with Gasteiger partial charge in [-0.3, -0.25) is 10.3 Å². The van der Waals surface area contributed by atoms with E-state index in [0.717, 1.165) is 44.3 Å². The Balaban J connectivity index is 0.00000243. The molecule has 0 aliphatic carbocycles. The van der Waals surface area contributed by atoms with E-state index in [4.69, 9.17) is 5.73 Å². The Morgan fingerprint density at radius 1 is 1.12 bits per heavy atom. The summed E-state index contributed by atoms with van der Waals surface area (Å²) >= 11 is 0. The molecule has 0 bridgehead atoms. The molecule has 2 aliphatic heterocycles. The van der Waals surface area contributed by atoms with Crippen LogP contribution in [0.25, 0.3) is 0 Å². The predicted octanol–water partition coefficient (Wildman–Crippen LogP) is 0.720. The molecule has 0 radical (unpaired) electrons. The summed E-state index contributed by atoms with van der Waals surface area (Å²) in [6, 6.07) is 4.67. The van der Waals surface area contributed by atoms with Crippen LogP contribution in [0, 0.1) is 5.82 Å². The molecule has 4 N–H and O–H groups in total. The van der Waals surface area contributed by atoms with Gasteiger partial charge in [0.05, 0.1) is 24.0 Å². The van der Waals surface area contributed by atoms with Crippen LogP contribution in [0.4, 0.5) is 15.8 Å². The quantitative estimate of drug-likeness (QED) is 0.672. The summed E-state index contributed by atoms with van der Waals surface area (Å²) < 4.78 is 14.6. The van der Waals surface area contributed by atoms with Gasteiger partial charge >= 0.3 is 0 Å². The lowest BCUT2D eigenvalue weighted by molar-refractivity contribution is -0.0374. The Labute approximate surface area is 149 Å². The molecule has 0 aromatic heterocycles. The molecule has 0 saturated carbocycles. The fourth-order valence-electron chi connectivity index (χ4n) is 3.50. The van der Waals surface area contributed by atoms with Crippen LogP contribution in [-0.2, 0) is 0 Å². The van der Waals surface area contributed by atoms with E-state index in [-0.39, 0.29) is 20.3 Å². The molecule has 2 fully saturated rings. The largest absolute Gasteiger partial charge is 0.390 e. The molecule has 8 heteroatoms. The molecule has 7 nitrogen and oxygen atoms in total. The number of hydrogen-bond acceptors (Lipinski definition) is 7. The Morgan fingerprint density at radius 2 is 1.76 bits per heavy atom. The lowest BCUT2D eigenvalue weighted by Crippen LogP contribution is -2.47. The number of halogens is 1. The summed E-state index contributed by atoms with van der Waals surface area (Å²) in [7, 11) is 0. The van der Waals surface area contributed by atoms with Crippen molar-refractivity contribution in [1.82, 2.24) is 10.0 Å². The van der Waals surface area contributed by atoms with Gasteiger partial charge in [0.2, 0.25) is 0 Å². The van der Waals surface area contributed by atoms with Crippen molar-refractivity contribution in [2.75, 3.05) is 62.3 Å². The van der Waals surface area contributed by atoms with Crippen molar-refractivity contribution in [2.24, 2.45) is 5.73 Å². The van der Waals surface area contributed by atoms with Crippen LogP contribution in [0.5, 0.6) is 0 Å². The molecule has 0 unspecified atom stereocenters. The van der Waals surface area contributed by atoms with Crippen molar-refractivity contribution in [1.29, 1.82) is 0 Å². The van der Waals surface area contributed by atoms with Gasteiger partial charge in [-0.15, -0.1) is 0 Å². The first-order valence-electron chi connectivity index (χ1n) is 8.97. The van der Waals surface area contributed by atoms with Crippen molar-refractivity contribution < 1.29 is 16.1 Å². The zero-order valence-electron chi connectivity index (χ0n) is 14.5. The minimum Gasteiger partial charge on any atom is -0.390 e. The van der Waals surface area contributed by atoms with E-state index < -0.39 is 6.10 Å². The lowest BCUT2D eigenvalue weighted by atomic mass is 10.2. The number of hydrazine groups is 1. The highest BCUT2D eigenvalue weighted by Crippen LogP contribution is 2.26. The normalized spacial score (nSPS) is 20.9. The zero-order valence-corrected chi connectivity index (χ0v) is 14.5. The van der Waals surface area contributed by atoms with Crippen molar-refractivity contribution in [2.45, 2.75) is 18.9 Å². The Kier molecular flexibility index (Phi) is 6.08. The van der Waals surface area contributed by atoms with E-state index >= 15 is 0 Å². The van der Waals surface area contributed by atoms with Gasteiger partial charge in [-0.05, 0) is 25.0 Å². The van der Waals surface area contributed by atoms with Gasteiger partial charge in [-0.25, -0.2) is 14.4 Å². The second kappa shape index (κ2) is 8.29. The van der Waals surface area contributed by atoms with E-state index in [9.17, 15) is 14.7 Å². The Bertz CT molecular complexity index is 566. The molecule has 2 aliphatic rings. The first-order valence-corrected chi connectivity index (χ1v) is 8.97. The third-order valence-corrected chi connectivity index (χ3v) is 4.96. The number of nitrogens with two attached hydrogens (primary N) is 1. The molecule has 0 spiro atoms. The van der Waals surface area contributed by atoms with Crippen LogP contribution in [0.15, 0.2) is 18.2 Å². The number of fused-ring (bicyclic) bond motifs is 1. The third-order valence-electron chi connectivity index (χ3n) is 4.96. The van der Waals surface area contributed by atoms with Crippen LogP contribution >= 0.6 is 0 Å². The fraction of sp³-hybridized carbons (Fsp3) is 0.647. The maximum atomic E-state index is 14.6. The van der Waals surface area contributed by atoms with E-state index in [1.54, 1.807) is 12.1 Å². The minimum atomic E-state index is -0.857. The van der Waals surface area contributed by atoms with E-state index in [1.165, 1.54) is 18.9 Å². The van der Waals surface area contributed by atoms with Gasteiger partial charge in [0, 0.05) is 53.3 Å². The molecule has 2 saturated heterocycles. The first-order chi connectivity index (χ1) is 12.1. The lowest BCUT2D eigenvalue weighted by Gasteiger charge is -2.36. The first kappa shape index (κ1) is 18.3. The van der Waals surface area contributed by atoms with E-state index in [1.807, 2.05) is 0 Å². The summed E-state index contributed by atoms with van der Waals surface area (Å²) in [5.74, 6) is -0.367. The van der Waals surface area contributed by atoms with Crippen molar-refractivity contribution in [3.05, 3.63) is 24.0 Å². The fourth-order valence-corrected chi connectivity index (χ4v) is 3.50. The van der Waals surface area contributed by atoms with Crippen LogP contribution in [-0.4, -0.2) is 78.8 Å². The van der Waals surface area contributed by atoms with Crippen LogP contribution in [0.1, 0.15) is 14.3 Å². The number of anilines is 2. The number of hydroxylamine groups is 1. The molecule has 1 aromatic carbocycles. The molecular weight excluding hydrogens is 325 g/mol. The highest BCUT2D eigenvalue weighted by molar-refractivity contribution is 5.56. The average Bonchev–Trinajstić information content (AvgIpc) is 2.84. The standard InChI is InChI=1S/C17H28FN5O2.H2/c18-16-11-14(23(25)13-15(24)12-19)3-4-17(16)20-7-9-21-5-1-2-6-22(21)10-8-20;/h3-4,11,15,24-25H,1-2,5-10,12-13,19H2;1H/t15-;/m0./s1. The molecule has 1 atom stereocenters. The number of nitrogens with zero attached hydrogens (tertiary/aromatic N) is 4. The molecule has 25 heavy (non-hydrogen) atoms. The summed E-state index contributed by atoms with van der Waals surface area (Å²) in [5, 5.41) is 25.1. The van der Waals surface area contributed by atoms with E-state index in [0.29, 0.717) is 11.4 Å². The van der Waals surface area contributed by atoms with Gasteiger partial charge in [-0.1, -0.05) is 0 Å². The summed E-state index contributed by atoms with van der Waals surface area (Å²) in [6.45, 7) is 5.51. The van der Waals surface area contributed by atoms with Crippen molar-refractivity contribution >= 4 is 11.4 Å². The van der Waals surface area contributed by atoms with Gasteiger partial charge in [0.1, 0.15) is 5.82 Å². The molecule has 142 valence electrons. The molecule has 0 amide bonds. The third kappa shape index (κ3) is 4.39. The van der Waals surface area contributed by atoms with Crippen LogP contribution in [0.2, 0.25) is 0 Å². The predicted molar refractivity (Wildman–Crippen MR) is 97.3 cm³/mol. The highest BCUT2D eigenvalue weighted by Gasteiger charge is 2.25. The van der Waals surface area contributed by atoms with Crippen LogP contribution < -0.4 is 15.7 Å². The number of hydrogen-bond donors (Lipinski definition) is 3. The van der Waals surface area contributed by atoms with Gasteiger partial charge in [0.15, 0.2) is 0 Å². The van der Waals surface area contributed by atoms with Gasteiger partial charge in [0.25, 0.3) is 0 Å². The van der Waals surface area contributed by atoms with Crippen LogP contribution in [0.3, 0.4) is 0 Å². The molecule has 1 aromatic rings. The van der Waals surface area contributed by atoms with Gasteiger partial charge < -0.3 is 15.7 Å². The monoisotopic (exact) mass is 355 g/mol. The second-order valence-corrected chi connectivity index (χ2v) is 6.71. The maximum absolute atomic E-state index is 14.6. The minimum absolute atomic E-state index is 0. The number of rotatable bonds is 5. The van der Waals surface area contributed by atoms with E-state index in [2.05, 4.69) is 14.9 Å². The summed E-state index contributed by atoms with van der Waals surface area (Å²) in [5.41, 5.74) is 6.20. The summed E-state index contributed by atoms with van der Waals surface area (Å²) in [4.78, 5) is 2.06. The summed E-state index contributed by atoms with van der Waals surface area (Å²) in [6.07, 6.45) is 1.59. The average molecular weight is 355 g/mol. The second-order valence-electron chi connectivity index (χ2n) is 6.71. The maximum Gasteiger partial charge on any atom is 0.148 e. The molecule has 2 heterocycles. The Morgan fingerprint density at radius 3 is 2.32 bits per heavy atom. The number of aliphatic hydroxyl groups excluding tert-OH is 1. The topological polar surface area (TPSA) is 79.4 Å².